The maximum atomic E-state index is 9.40. The Morgan fingerprint density at radius 1 is 1.54 bits per heavy atom. The van der Waals surface area contributed by atoms with Crippen LogP contribution in [-0.2, 0) is 11.3 Å². The number of aliphatic hydroxyl groups excluding tert-OH is 1. The van der Waals surface area contributed by atoms with Gasteiger partial charge in [0.15, 0.2) is 0 Å². The van der Waals surface area contributed by atoms with Crippen molar-refractivity contribution in [3.63, 3.8) is 0 Å². The third-order valence-corrected chi connectivity index (χ3v) is 2.17. The Balaban J connectivity index is 1.79. The van der Waals surface area contributed by atoms with E-state index < -0.39 is 6.10 Å². The molecule has 0 spiro atoms. The fourth-order valence-electron chi connectivity index (χ4n) is 1.38. The molecule has 0 amide bonds. The highest BCUT2D eigenvalue weighted by atomic mass is 16.5. The third-order valence-electron chi connectivity index (χ3n) is 2.17. The molecule has 0 radical (unpaired) electrons. The molecule has 0 aromatic carbocycles. The summed E-state index contributed by atoms with van der Waals surface area (Å²) in [6, 6.07) is 3.78. The lowest BCUT2D eigenvalue weighted by molar-refractivity contribution is 0.122. The summed E-state index contributed by atoms with van der Waals surface area (Å²) < 4.78 is 10.2. The molecular weight excluding hydrogens is 170 g/mol. The Kier molecular flexibility index (Phi) is 2.63. The van der Waals surface area contributed by atoms with E-state index in [1.807, 2.05) is 12.1 Å². The lowest BCUT2D eigenvalue weighted by atomic mass is 10.2. The van der Waals surface area contributed by atoms with Crippen LogP contribution in [0.2, 0.25) is 0 Å². The van der Waals surface area contributed by atoms with Crippen LogP contribution in [-0.4, -0.2) is 30.5 Å². The molecule has 0 saturated carbocycles. The van der Waals surface area contributed by atoms with Gasteiger partial charge in [0, 0.05) is 0 Å². The fourth-order valence-corrected chi connectivity index (χ4v) is 1.38. The standard InChI is InChI=1S/C9H13NO3/c11-9-6-12-5-8(9)10-4-7-2-1-3-13-7/h1-3,8-11H,4-6H2/t8-,9-/m1/s1. The number of rotatable bonds is 3. The molecule has 2 rings (SSSR count). The number of hydrogen-bond donors (Lipinski definition) is 2. The highest BCUT2D eigenvalue weighted by molar-refractivity contribution is 4.98. The van der Waals surface area contributed by atoms with Crippen molar-refractivity contribution in [1.29, 1.82) is 0 Å². The number of ether oxygens (including phenoxy) is 1. The Hall–Kier alpha value is -0.840. The first-order valence-corrected chi connectivity index (χ1v) is 4.38. The number of furan rings is 1. The molecule has 13 heavy (non-hydrogen) atoms. The zero-order valence-corrected chi connectivity index (χ0v) is 7.27. The predicted molar refractivity (Wildman–Crippen MR) is 46.2 cm³/mol. The summed E-state index contributed by atoms with van der Waals surface area (Å²) >= 11 is 0. The van der Waals surface area contributed by atoms with E-state index in [1.54, 1.807) is 6.26 Å². The van der Waals surface area contributed by atoms with E-state index in [4.69, 9.17) is 9.15 Å². The zero-order chi connectivity index (χ0) is 9.10. The minimum Gasteiger partial charge on any atom is -0.468 e. The van der Waals surface area contributed by atoms with Gasteiger partial charge in [0.1, 0.15) is 5.76 Å². The van der Waals surface area contributed by atoms with Gasteiger partial charge in [-0.05, 0) is 12.1 Å². The molecular formula is C9H13NO3. The van der Waals surface area contributed by atoms with Crippen molar-refractivity contribution in [2.24, 2.45) is 0 Å². The summed E-state index contributed by atoms with van der Waals surface area (Å²) in [6.07, 6.45) is 1.24. The molecule has 1 aliphatic rings. The minimum atomic E-state index is -0.394. The Morgan fingerprint density at radius 3 is 3.08 bits per heavy atom. The van der Waals surface area contributed by atoms with E-state index in [9.17, 15) is 5.11 Å². The molecule has 1 fully saturated rings. The molecule has 2 N–H and O–H groups in total. The van der Waals surface area contributed by atoms with Crippen LogP contribution in [0.25, 0.3) is 0 Å². The maximum absolute atomic E-state index is 9.40. The molecule has 4 nitrogen and oxygen atoms in total. The fraction of sp³-hybridized carbons (Fsp3) is 0.556. The Bertz CT molecular complexity index is 247. The van der Waals surface area contributed by atoms with Crippen molar-refractivity contribution in [3.05, 3.63) is 24.2 Å². The van der Waals surface area contributed by atoms with Gasteiger partial charge < -0.3 is 19.6 Å². The number of hydrogen-bond acceptors (Lipinski definition) is 4. The van der Waals surface area contributed by atoms with Crippen molar-refractivity contribution in [2.75, 3.05) is 13.2 Å². The molecule has 0 aliphatic carbocycles. The first-order chi connectivity index (χ1) is 6.36. The molecule has 1 saturated heterocycles. The van der Waals surface area contributed by atoms with E-state index in [0.29, 0.717) is 19.8 Å². The Morgan fingerprint density at radius 2 is 2.46 bits per heavy atom. The molecule has 72 valence electrons. The quantitative estimate of drug-likeness (QED) is 0.699. The molecule has 0 bridgehead atoms. The lowest BCUT2D eigenvalue weighted by Gasteiger charge is -2.12. The Labute approximate surface area is 76.5 Å². The summed E-state index contributed by atoms with van der Waals surface area (Å²) in [4.78, 5) is 0. The zero-order valence-electron chi connectivity index (χ0n) is 7.27. The van der Waals surface area contributed by atoms with Gasteiger partial charge in [0.25, 0.3) is 0 Å². The van der Waals surface area contributed by atoms with Crippen LogP contribution in [0, 0.1) is 0 Å². The van der Waals surface area contributed by atoms with Gasteiger partial charge in [-0.25, -0.2) is 0 Å². The van der Waals surface area contributed by atoms with Gasteiger partial charge in [-0.15, -0.1) is 0 Å². The molecule has 4 heteroatoms. The van der Waals surface area contributed by atoms with Crippen LogP contribution in [0.1, 0.15) is 5.76 Å². The molecule has 0 unspecified atom stereocenters. The molecule has 2 atom stereocenters. The first kappa shape index (κ1) is 8.74. The third kappa shape index (κ3) is 2.09. The van der Waals surface area contributed by atoms with Gasteiger partial charge in [-0.1, -0.05) is 0 Å². The molecule has 1 aromatic heterocycles. The van der Waals surface area contributed by atoms with Crippen LogP contribution in [0.5, 0.6) is 0 Å². The normalized spacial score (nSPS) is 28.1. The van der Waals surface area contributed by atoms with Crippen molar-refractivity contribution in [2.45, 2.75) is 18.7 Å². The van der Waals surface area contributed by atoms with E-state index in [2.05, 4.69) is 5.32 Å². The van der Waals surface area contributed by atoms with Crippen molar-refractivity contribution < 1.29 is 14.3 Å². The summed E-state index contributed by atoms with van der Waals surface area (Å²) in [5.74, 6) is 0.874. The van der Waals surface area contributed by atoms with E-state index in [-0.39, 0.29) is 6.04 Å². The summed E-state index contributed by atoms with van der Waals surface area (Å²) in [5, 5.41) is 12.6. The second-order valence-corrected chi connectivity index (χ2v) is 3.17. The van der Waals surface area contributed by atoms with Gasteiger partial charge in [-0.3, -0.25) is 0 Å². The van der Waals surface area contributed by atoms with Gasteiger partial charge in [0.05, 0.1) is 38.2 Å². The average Bonchev–Trinajstić information content (AvgIpc) is 2.72. The lowest BCUT2D eigenvalue weighted by Crippen LogP contribution is -2.38. The second kappa shape index (κ2) is 3.91. The van der Waals surface area contributed by atoms with Crippen LogP contribution >= 0.6 is 0 Å². The van der Waals surface area contributed by atoms with Crippen LogP contribution in [0.15, 0.2) is 22.8 Å². The van der Waals surface area contributed by atoms with Crippen LogP contribution in [0.4, 0.5) is 0 Å². The molecule has 1 aromatic rings. The summed E-state index contributed by atoms with van der Waals surface area (Å²) in [5.41, 5.74) is 0. The van der Waals surface area contributed by atoms with Gasteiger partial charge in [0.2, 0.25) is 0 Å². The van der Waals surface area contributed by atoms with Crippen LogP contribution in [0.3, 0.4) is 0 Å². The monoisotopic (exact) mass is 183 g/mol. The van der Waals surface area contributed by atoms with Gasteiger partial charge >= 0.3 is 0 Å². The minimum absolute atomic E-state index is 0.0325. The SMILES string of the molecule is O[C@@H]1COC[C@H]1NCc1ccco1. The van der Waals surface area contributed by atoms with E-state index in [0.717, 1.165) is 5.76 Å². The predicted octanol–water partition coefficient (Wildman–Crippen LogP) is 0.129. The largest absolute Gasteiger partial charge is 0.468 e. The number of nitrogens with one attached hydrogen (secondary N) is 1. The van der Waals surface area contributed by atoms with Crippen molar-refractivity contribution >= 4 is 0 Å². The average molecular weight is 183 g/mol. The molecule has 2 heterocycles. The van der Waals surface area contributed by atoms with E-state index >= 15 is 0 Å². The smallest absolute Gasteiger partial charge is 0.117 e. The topological polar surface area (TPSA) is 54.6 Å². The first-order valence-electron chi connectivity index (χ1n) is 4.38. The second-order valence-electron chi connectivity index (χ2n) is 3.17. The van der Waals surface area contributed by atoms with Gasteiger partial charge in [-0.2, -0.15) is 0 Å². The van der Waals surface area contributed by atoms with Crippen molar-refractivity contribution in [1.82, 2.24) is 5.32 Å². The molecule has 1 aliphatic heterocycles. The van der Waals surface area contributed by atoms with E-state index in [1.165, 1.54) is 0 Å². The maximum Gasteiger partial charge on any atom is 0.117 e. The summed E-state index contributed by atoms with van der Waals surface area (Å²) in [7, 11) is 0. The highest BCUT2D eigenvalue weighted by Crippen LogP contribution is 2.06. The van der Waals surface area contributed by atoms with Crippen LogP contribution < -0.4 is 5.32 Å². The van der Waals surface area contributed by atoms with Crippen molar-refractivity contribution in [3.8, 4) is 0 Å². The number of aliphatic hydroxyl groups is 1. The summed E-state index contributed by atoms with van der Waals surface area (Å²) in [6.45, 7) is 1.63. The highest BCUT2D eigenvalue weighted by Gasteiger charge is 2.25.